The van der Waals surface area contributed by atoms with E-state index in [1.54, 1.807) is 0 Å². The van der Waals surface area contributed by atoms with Gasteiger partial charge >= 0.3 is 0 Å². The van der Waals surface area contributed by atoms with Crippen molar-refractivity contribution in [3.8, 4) is 5.88 Å². The quantitative estimate of drug-likeness (QED) is 0.625. The molecule has 1 aliphatic rings. The third-order valence-electron chi connectivity index (χ3n) is 3.24. The summed E-state index contributed by atoms with van der Waals surface area (Å²) in [5.41, 5.74) is 3.50. The summed E-state index contributed by atoms with van der Waals surface area (Å²) in [6, 6.07) is 0. The normalized spacial score (nSPS) is 19.5. The van der Waals surface area contributed by atoms with Crippen molar-refractivity contribution in [1.82, 2.24) is 9.97 Å². The molecule has 19 heavy (non-hydrogen) atoms. The largest absolute Gasteiger partial charge is 0.475 e. The fraction of sp³-hybridized carbons (Fsp3) is 0.692. The van der Waals surface area contributed by atoms with E-state index in [9.17, 15) is 0 Å². The Balaban J connectivity index is 2.06. The van der Waals surface area contributed by atoms with Gasteiger partial charge in [-0.3, -0.25) is 0 Å². The molecule has 2 rings (SSSR count). The number of ether oxygens (including phenoxy) is 2. The number of hydrogen-bond donors (Lipinski definition) is 2. The van der Waals surface area contributed by atoms with Crippen molar-refractivity contribution >= 4 is 5.82 Å². The topological polar surface area (TPSA) is 82.3 Å². The maximum absolute atomic E-state index is 5.81. The minimum absolute atomic E-state index is 0.165. The van der Waals surface area contributed by atoms with E-state index in [1.807, 2.05) is 0 Å². The van der Waals surface area contributed by atoms with Crippen LogP contribution in [0.25, 0.3) is 0 Å². The fourth-order valence-corrected chi connectivity index (χ4v) is 2.24. The minimum atomic E-state index is 0.165. The average molecular weight is 266 g/mol. The number of hydrazine groups is 1. The molecule has 1 atom stereocenters. The third kappa shape index (κ3) is 3.54. The van der Waals surface area contributed by atoms with Crippen LogP contribution in [0.5, 0.6) is 5.88 Å². The number of rotatable bonds is 5. The molecule has 1 unspecified atom stereocenters. The van der Waals surface area contributed by atoms with Gasteiger partial charge in [-0.15, -0.1) is 0 Å². The number of hydrogen-bond acceptors (Lipinski definition) is 6. The van der Waals surface area contributed by atoms with E-state index in [0.29, 0.717) is 18.3 Å². The van der Waals surface area contributed by atoms with Crippen LogP contribution in [0.4, 0.5) is 5.82 Å². The first kappa shape index (κ1) is 14.0. The Labute approximate surface area is 113 Å². The van der Waals surface area contributed by atoms with E-state index in [4.69, 9.17) is 15.3 Å². The molecule has 0 amide bonds. The maximum Gasteiger partial charge on any atom is 0.222 e. The van der Waals surface area contributed by atoms with Gasteiger partial charge in [-0.1, -0.05) is 13.8 Å². The lowest BCUT2D eigenvalue weighted by molar-refractivity contribution is -0.0121. The van der Waals surface area contributed by atoms with Gasteiger partial charge in [-0.2, -0.15) is 0 Å². The Hall–Kier alpha value is -1.40. The van der Waals surface area contributed by atoms with E-state index in [1.165, 1.54) is 12.7 Å². The molecular weight excluding hydrogens is 244 g/mol. The molecule has 0 bridgehead atoms. The molecule has 1 aromatic rings. The van der Waals surface area contributed by atoms with Crippen molar-refractivity contribution in [1.29, 1.82) is 0 Å². The van der Waals surface area contributed by atoms with Crippen molar-refractivity contribution in [2.24, 2.45) is 5.84 Å². The standard InChI is InChI=1S/C13H22N4O2/c1-9(2)11-12(17-14)15-8-16-13(11)19-7-10-5-3-4-6-18-10/h8-10H,3-7,14H2,1-2H3,(H,15,16,17). The average Bonchev–Trinajstić information content (AvgIpc) is 2.45. The van der Waals surface area contributed by atoms with Crippen molar-refractivity contribution in [3.63, 3.8) is 0 Å². The van der Waals surface area contributed by atoms with E-state index in [2.05, 4.69) is 29.2 Å². The van der Waals surface area contributed by atoms with Gasteiger partial charge in [0.25, 0.3) is 0 Å². The zero-order chi connectivity index (χ0) is 13.7. The van der Waals surface area contributed by atoms with Gasteiger partial charge in [0.2, 0.25) is 5.88 Å². The highest BCUT2D eigenvalue weighted by Gasteiger charge is 2.19. The predicted molar refractivity (Wildman–Crippen MR) is 73.0 cm³/mol. The van der Waals surface area contributed by atoms with E-state index in [0.717, 1.165) is 25.0 Å². The van der Waals surface area contributed by atoms with Crippen molar-refractivity contribution in [3.05, 3.63) is 11.9 Å². The van der Waals surface area contributed by atoms with Gasteiger partial charge in [0, 0.05) is 6.61 Å². The van der Waals surface area contributed by atoms with Gasteiger partial charge in [-0.25, -0.2) is 15.8 Å². The van der Waals surface area contributed by atoms with Crippen LogP contribution in [-0.4, -0.2) is 29.3 Å². The summed E-state index contributed by atoms with van der Waals surface area (Å²) in [6.45, 7) is 5.47. The van der Waals surface area contributed by atoms with Crippen molar-refractivity contribution < 1.29 is 9.47 Å². The Morgan fingerprint density at radius 2 is 2.32 bits per heavy atom. The number of nitrogens with two attached hydrogens (primary N) is 1. The Morgan fingerprint density at radius 3 is 2.95 bits per heavy atom. The number of nitrogen functional groups attached to an aromatic ring is 1. The molecule has 1 saturated heterocycles. The number of nitrogens with zero attached hydrogens (tertiary/aromatic N) is 2. The van der Waals surface area contributed by atoms with Crippen LogP contribution in [0.15, 0.2) is 6.33 Å². The fourth-order valence-electron chi connectivity index (χ4n) is 2.24. The molecule has 3 N–H and O–H groups in total. The Kier molecular flexibility index (Phi) is 4.93. The molecule has 0 radical (unpaired) electrons. The van der Waals surface area contributed by atoms with Crippen LogP contribution in [0, 0.1) is 0 Å². The SMILES string of the molecule is CC(C)c1c(NN)ncnc1OCC1CCCCO1. The molecule has 1 aliphatic heterocycles. The second-order valence-electron chi connectivity index (χ2n) is 5.04. The molecule has 1 aromatic heterocycles. The van der Waals surface area contributed by atoms with E-state index >= 15 is 0 Å². The van der Waals surface area contributed by atoms with E-state index < -0.39 is 0 Å². The van der Waals surface area contributed by atoms with Crippen molar-refractivity contribution in [2.75, 3.05) is 18.6 Å². The first-order valence-corrected chi connectivity index (χ1v) is 6.78. The summed E-state index contributed by atoms with van der Waals surface area (Å²) in [5, 5.41) is 0. The van der Waals surface area contributed by atoms with Gasteiger partial charge < -0.3 is 14.9 Å². The highest BCUT2D eigenvalue weighted by Crippen LogP contribution is 2.29. The Morgan fingerprint density at radius 1 is 1.47 bits per heavy atom. The lowest BCUT2D eigenvalue weighted by Crippen LogP contribution is -2.26. The number of nitrogens with one attached hydrogen (secondary N) is 1. The van der Waals surface area contributed by atoms with Gasteiger partial charge in [-0.05, 0) is 25.2 Å². The van der Waals surface area contributed by atoms with Crippen LogP contribution in [-0.2, 0) is 4.74 Å². The summed E-state index contributed by atoms with van der Waals surface area (Å²) in [6.07, 6.45) is 5.01. The summed E-state index contributed by atoms with van der Waals surface area (Å²) in [7, 11) is 0. The van der Waals surface area contributed by atoms with Gasteiger partial charge in [0.1, 0.15) is 12.9 Å². The number of aromatic nitrogens is 2. The Bertz CT molecular complexity index is 406. The molecule has 0 saturated carbocycles. The number of anilines is 1. The smallest absolute Gasteiger partial charge is 0.222 e. The molecule has 6 nitrogen and oxygen atoms in total. The monoisotopic (exact) mass is 266 g/mol. The van der Waals surface area contributed by atoms with E-state index in [-0.39, 0.29) is 12.0 Å². The molecule has 106 valence electrons. The van der Waals surface area contributed by atoms with Crippen LogP contribution in [0.3, 0.4) is 0 Å². The van der Waals surface area contributed by atoms with Crippen LogP contribution >= 0.6 is 0 Å². The summed E-state index contributed by atoms with van der Waals surface area (Å²) < 4.78 is 11.5. The molecule has 6 heteroatoms. The molecule has 0 spiro atoms. The minimum Gasteiger partial charge on any atom is -0.475 e. The second-order valence-corrected chi connectivity index (χ2v) is 5.04. The first-order chi connectivity index (χ1) is 9.22. The van der Waals surface area contributed by atoms with Gasteiger partial charge in [0.15, 0.2) is 5.82 Å². The highest BCUT2D eigenvalue weighted by molar-refractivity contribution is 5.49. The van der Waals surface area contributed by atoms with Crippen LogP contribution in [0.2, 0.25) is 0 Å². The van der Waals surface area contributed by atoms with Gasteiger partial charge in [0.05, 0.1) is 11.7 Å². The lowest BCUT2D eigenvalue weighted by Gasteiger charge is -2.23. The summed E-state index contributed by atoms with van der Waals surface area (Å²) in [4.78, 5) is 8.32. The van der Waals surface area contributed by atoms with Crippen LogP contribution in [0.1, 0.15) is 44.6 Å². The molecular formula is C13H22N4O2. The zero-order valence-electron chi connectivity index (χ0n) is 11.6. The second kappa shape index (κ2) is 6.68. The summed E-state index contributed by atoms with van der Waals surface area (Å²) in [5.74, 6) is 6.91. The first-order valence-electron chi connectivity index (χ1n) is 6.78. The predicted octanol–water partition coefficient (Wildman–Crippen LogP) is 1.83. The highest BCUT2D eigenvalue weighted by atomic mass is 16.5. The van der Waals surface area contributed by atoms with Crippen LogP contribution < -0.4 is 16.0 Å². The molecule has 0 aromatic carbocycles. The molecule has 1 fully saturated rings. The molecule has 2 heterocycles. The zero-order valence-corrected chi connectivity index (χ0v) is 11.6. The molecule has 0 aliphatic carbocycles. The third-order valence-corrected chi connectivity index (χ3v) is 3.24. The summed E-state index contributed by atoms with van der Waals surface area (Å²) >= 11 is 0. The lowest BCUT2D eigenvalue weighted by atomic mass is 10.1. The van der Waals surface area contributed by atoms with Crippen molar-refractivity contribution in [2.45, 2.75) is 45.1 Å². The maximum atomic E-state index is 5.81.